The van der Waals surface area contributed by atoms with Gasteiger partial charge in [-0.05, 0) is 41.5 Å². The van der Waals surface area contributed by atoms with E-state index in [1.807, 2.05) is 0 Å². The minimum Gasteiger partial charge on any atom is -0.343 e. The van der Waals surface area contributed by atoms with Crippen LogP contribution in [0.2, 0.25) is 0 Å². The molecule has 7 rings (SSSR count). The van der Waals surface area contributed by atoms with Crippen LogP contribution in [0.5, 0.6) is 0 Å². The Hall–Kier alpha value is -5.47. The molecule has 0 unspecified atom stereocenters. The molecule has 0 aliphatic heterocycles. The molecular formula is C41H33N2+. The molecule has 0 saturated carbocycles. The van der Waals surface area contributed by atoms with Gasteiger partial charge in [0.05, 0.1) is 22.9 Å². The summed E-state index contributed by atoms with van der Waals surface area (Å²) >= 11 is 0. The van der Waals surface area contributed by atoms with Crippen LogP contribution in [0.25, 0.3) is 56.5 Å². The summed E-state index contributed by atoms with van der Waals surface area (Å²) in [6, 6.07) is 49.4. The molecule has 7 aromatic rings. The second-order valence-electron chi connectivity index (χ2n) is 10.9. The third-order valence-electron chi connectivity index (χ3n) is 8.35. The number of aryl methyl sites for hydroxylation is 2. The molecule has 2 heteroatoms. The minimum absolute atomic E-state index is 1.15. The number of hydrogen-bond acceptors (Lipinski definition) is 0. The number of para-hydroxylation sites is 2. The van der Waals surface area contributed by atoms with E-state index in [4.69, 9.17) is 0 Å². The van der Waals surface area contributed by atoms with E-state index in [9.17, 15) is 0 Å². The lowest BCUT2D eigenvalue weighted by molar-refractivity contribution is 0.977. The highest BCUT2D eigenvalue weighted by molar-refractivity contribution is 5.99. The van der Waals surface area contributed by atoms with Crippen molar-refractivity contribution in [2.45, 2.75) is 0 Å². The average Bonchev–Trinajstić information content (AvgIpc) is 3.52. The number of benzene rings is 5. The van der Waals surface area contributed by atoms with Crippen LogP contribution in [0, 0.1) is 5.92 Å². The Morgan fingerprint density at radius 1 is 0.442 bits per heavy atom. The van der Waals surface area contributed by atoms with E-state index in [1.54, 1.807) is 0 Å². The maximum atomic E-state index is 2.31. The normalized spacial score (nSPS) is 11.8. The summed E-state index contributed by atoms with van der Waals surface area (Å²) in [6.07, 6.45) is 9.12. The van der Waals surface area contributed by atoms with Crippen molar-refractivity contribution in [1.82, 2.24) is 9.13 Å². The Labute approximate surface area is 253 Å². The van der Waals surface area contributed by atoms with Crippen molar-refractivity contribution in [3.63, 3.8) is 0 Å². The highest BCUT2D eigenvalue weighted by Gasteiger charge is 2.19. The first-order valence-electron chi connectivity index (χ1n) is 14.7. The maximum absolute atomic E-state index is 2.31. The van der Waals surface area contributed by atoms with E-state index in [0.717, 1.165) is 5.92 Å². The van der Waals surface area contributed by atoms with E-state index in [1.165, 1.54) is 61.0 Å². The molecule has 0 bridgehead atoms. The predicted molar refractivity (Wildman–Crippen MR) is 184 cm³/mol. The van der Waals surface area contributed by atoms with Gasteiger partial charge in [0.15, 0.2) is 0 Å². The van der Waals surface area contributed by atoms with Crippen molar-refractivity contribution in [3.05, 3.63) is 174 Å². The molecule has 5 aromatic carbocycles. The summed E-state index contributed by atoms with van der Waals surface area (Å²) in [6.45, 7) is 0. The van der Waals surface area contributed by atoms with Crippen LogP contribution < -0.4 is 0 Å². The molecule has 2 heterocycles. The summed E-state index contributed by atoms with van der Waals surface area (Å²) in [4.78, 5) is 0. The summed E-state index contributed by atoms with van der Waals surface area (Å²) in [5.41, 5.74) is 10.9. The lowest BCUT2D eigenvalue weighted by Gasteiger charge is -2.07. The quantitative estimate of drug-likeness (QED) is 0.174. The van der Waals surface area contributed by atoms with Gasteiger partial charge in [-0.15, -0.1) is 0 Å². The number of allylic oxidation sites excluding steroid dienone is 2. The molecule has 43 heavy (non-hydrogen) atoms. The smallest absolute Gasteiger partial charge is 0.0793 e. The Kier molecular flexibility index (Phi) is 7.02. The van der Waals surface area contributed by atoms with Gasteiger partial charge in [0, 0.05) is 83.5 Å². The Morgan fingerprint density at radius 2 is 0.814 bits per heavy atom. The number of aromatic nitrogens is 2. The second kappa shape index (κ2) is 11.4. The number of fused-ring (bicyclic) bond motifs is 2. The molecule has 0 saturated heterocycles. The standard InChI is InChI=1S/C41H33N2/c1-42-38-24-14-12-22-34(38)36(40(42)32-18-8-4-9-19-32)28-26-31(30-16-6-3-7-17-30)27-29-37-35-23-13-15-25-39(35)43(2)41(37)33-20-10-5-11-21-33/h3-29H,1-2H3/q+1/b28-26+,29-27+. The van der Waals surface area contributed by atoms with Crippen LogP contribution >= 0.6 is 0 Å². The van der Waals surface area contributed by atoms with Gasteiger partial charge in [-0.25, -0.2) is 0 Å². The molecule has 0 radical (unpaired) electrons. The fourth-order valence-corrected chi connectivity index (χ4v) is 6.30. The van der Waals surface area contributed by atoms with E-state index in [0.29, 0.717) is 0 Å². The minimum atomic E-state index is 1.15. The second-order valence-corrected chi connectivity index (χ2v) is 10.9. The number of nitrogens with zero attached hydrogens (tertiary/aromatic N) is 2. The zero-order valence-corrected chi connectivity index (χ0v) is 24.5. The average molecular weight is 554 g/mol. The highest BCUT2D eigenvalue weighted by atomic mass is 15.0. The molecule has 2 aromatic heterocycles. The Morgan fingerprint density at radius 3 is 1.26 bits per heavy atom. The molecule has 0 spiro atoms. The van der Waals surface area contributed by atoms with Crippen LogP contribution in [0.1, 0.15) is 16.7 Å². The molecule has 206 valence electrons. The van der Waals surface area contributed by atoms with Gasteiger partial charge < -0.3 is 9.13 Å². The molecule has 0 atom stereocenters. The molecule has 0 amide bonds. The molecular weight excluding hydrogens is 520 g/mol. The monoisotopic (exact) mass is 553 g/mol. The van der Waals surface area contributed by atoms with Crippen LogP contribution in [0.3, 0.4) is 0 Å². The fraction of sp³-hybridized carbons (Fsp3) is 0.0488. The molecule has 0 fully saturated rings. The first-order valence-corrected chi connectivity index (χ1v) is 14.7. The number of rotatable bonds is 7. The van der Waals surface area contributed by atoms with Crippen LogP contribution in [-0.4, -0.2) is 9.13 Å². The Balaban J connectivity index is 1.38. The van der Waals surface area contributed by atoms with Crippen molar-refractivity contribution < 1.29 is 0 Å². The van der Waals surface area contributed by atoms with Crippen LogP contribution in [-0.2, 0) is 14.1 Å². The van der Waals surface area contributed by atoms with Crippen LogP contribution in [0.15, 0.2) is 152 Å². The first kappa shape index (κ1) is 26.4. The van der Waals surface area contributed by atoms with E-state index >= 15 is 0 Å². The lowest BCUT2D eigenvalue weighted by Crippen LogP contribution is -1.94. The van der Waals surface area contributed by atoms with Gasteiger partial charge in [0.1, 0.15) is 0 Å². The highest BCUT2D eigenvalue weighted by Crippen LogP contribution is 2.37. The van der Waals surface area contributed by atoms with E-state index < -0.39 is 0 Å². The molecule has 0 aliphatic carbocycles. The summed E-state index contributed by atoms with van der Waals surface area (Å²) in [5.74, 6) is 1.15. The largest absolute Gasteiger partial charge is 0.343 e. The molecule has 0 N–H and O–H groups in total. The summed E-state index contributed by atoms with van der Waals surface area (Å²) < 4.78 is 4.62. The summed E-state index contributed by atoms with van der Waals surface area (Å²) in [7, 11) is 4.32. The first-order chi connectivity index (χ1) is 21.2. The van der Waals surface area contributed by atoms with Crippen molar-refractivity contribution in [3.8, 4) is 22.5 Å². The van der Waals surface area contributed by atoms with Crippen molar-refractivity contribution in [1.29, 1.82) is 0 Å². The van der Waals surface area contributed by atoms with Gasteiger partial charge >= 0.3 is 0 Å². The van der Waals surface area contributed by atoms with Crippen LogP contribution in [0.4, 0.5) is 0 Å². The SMILES string of the molecule is Cn1c(-c2ccccc2)c(/C=C/[C+](/C=C/c2c(-c3ccccc3)n(C)c3ccccc23)c2ccccc2)c2ccccc21. The Bertz CT molecular complexity index is 1940. The van der Waals surface area contributed by atoms with Gasteiger partial charge in [-0.2, -0.15) is 0 Å². The van der Waals surface area contributed by atoms with Gasteiger partial charge in [0.2, 0.25) is 0 Å². The maximum Gasteiger partial charge on any atom is 0.0793 e. The molecule has 2 nitrogen and oxygen atoms in total. The summed E-state index contributed by atoms with van der Waals surface area (Å²) in [5, 5.41) is 2.49. The van der Waals surface area contributed by atoms with Crippen molar-refractivity contribution >= 4 is 34.0 Å². The van der Waals surface area contributed by atoms with Gasteiger partial charge in [0.25, 0.3) is 0 Å². The predicted octanol–water partition coefficient (Wildman–Crippen LogP) is 10.4. The fourth-order valence-electron chi connectivity index (χ4n) is 6.30. The van der Waals surface area contributed by atoms with E-state index in [-0.39, 0.29) is 0 Å². The van der Waals surface area contributed by atoms with E-state index in [2.05, 4.69) is 187 Å². The zero-order chi connectivity index (χ0) is 29.2. The lowest BCUT2D eigenvalue weighted by atomic mass is 9.94. The third-order valence-corrected chi connectivity index (χ3v) is 8.35. The van der Waals surface area contributed by atoms with Crippen molar-refractivity contribution in [2.24, 2.45) is 14.1 Å². The number of hydrogen-bond donors (Lipinski definition) is 0. The zero-order valence-electron chi connectivity index (χ0n) is 24.5. The van der Waals surface area contributed by atoms with Crippen molar-refractivity contribution in [2.75, 3.05) is 0 Å². The molecule has 0 aliphatic rings. The third kappa shape index (κ3) is 4.87. The van der Waals surface area contributed by atoms with Gasteiger partial charge in [-0.3, -0.25) is 0 Å². The topological polar surface area (TPSA) is 9.86 Å². The van der Waals surface area contributed by atoms with Gasteiger partial charge in [-0.1, -0.05) is 97.1 Å².